The van der Waals surface area contributed by atoms with Crippen LogP contribution in [0.15, 0.2) is 42.5 Å². The van der Waals surface area contributed by atoms with Gasteiger partial charge in [-0.3, -0.25) is 9.10 Å². The number of halogens is 1. The first-order chi connectivity index (χ1) is 11.4. The first-order valence-corrected chi connectivity index (χ1v) is 9.16. The van der Waals surface area contributed by atoms with Gasteiger partial charge in [0.05, 0.1) is 11.4 Å². The van der Waals surface area contributed by atoms with E-state index in [1.807, 2.05) is 0 Å². The van der Waals surface area contributed by atoms with E-state index in [0.717, 1.165) is 0 Å². The molecule has 0 aromatic heterocycles. The quantitative estimate of drug-likeness (QED) is 0.927. The van der Waals surface area contributed by atoms with Crippen LogP contribution in [0, 0.1) is 12.7 Å². The lowest BCUT2D eigenvalue weighted by molar-refractivity contribution is 0.102. The Hall–Kier alpha value is -2.41. The Morgan fingerprint density at radius 2 is 1.88 bits per heavy atom. The molecule has 0 unspecified atom stereocenters. The Labute approximate surface area is 140 Å². The molecule has 0 aliphatic carbocycles. The van der Waals surface area contributed by atoms with Crippen LogP contribution in [0.2, 0.25) is 0 Å². The number of hydrogen-bond donors (Lipinski definition) is 1. The zero-order chi connectivity index (χ0) is 17.3. The van der Waals surface area contributed by atoms with Gasteiger partial charge in [-0.25, -0.2) is 12.8 Å². The summed E-state index contributed by atoms with van der Waals surface area (Å²) in [6, 6.07) is 10.8. The Morgan fingerprint density at radius 1 is 1.17 bits per heavy atom. The van der Waals surface area contributed by atoms with E-state index in [-0.39, 0.29) is 11.3 Å². The number of rotatable bonds is 3. The number of anilines is 2. The highest BCUT2D eigenvalue weighted by atomic mass is 32.2. The third-order valence-corrected chi connectivity index (χ3v) is 5.82. The van der Waals surface area contributed by atoms with Gasteiger partial charge in [0.25, 0.3) is 5.91 Å². The molecule has 0 spiro atoms. The lowest BCUT2D eigenvalue weighted by atomic mass is 10.1. The molecule has 1 amide bonds. The number of carbonyl (C=O) groups excluding carboxylic acids is 1. The van der Waals surface area contributed by atoms with Crippen LogP contribution >= 0.6 is 0 Å². The van der Waals surface area contributed by atoms with Crippen LogP contribution < -0.4 is 9.62 Å². The maximum Gasteiger partial charge on any atom is 0.255 e. The van der Waals surface area contributed by atoms with Gasteiger partial charge in [0, 0.05) is 17.8 Å². The molecule has 0 atom stereocenters. The Kier molecular flexibility index (Phi) is 4.28. The van der Waals surface area contributed by atoms with Crippen molar-refractivity contribution in [1.82, 2.24) is 0 Å². The van der Waals surface area contributed by atoms with Crippen LogP contribution in [0.3, 0.4) is 0 Å². The number of hydrogen-bond acceptors (Lipinski definition) is 3. The van der Waals surface area contributed by atoms with Gasteiger partial charge in [-0.15, -0.1) is 0 Å². The van der Waals surface area contributed by atoms with Crippen LogP contribution in [0.4, 0.5) is 15.8 Å². The van der Waals surface area contributed by atoms with E-state index >= 15 is 0 Å². The fourth-order valence-electron chi connectivity index (χ4n) is 2.58. The van der Waals surface area contributed by atoms with Crippen molar-refractivity contribution in [2.75, 3.05) is 21.9 Å². The van der Waals surface area contributed by atoms with Crippen molar-refractivity contribution in [3.63, 3.8) is 0 Å². The van der Waals surface area contributed by atoms with Gasteiger partial charge in [-0.1, -0.05) is 6.07 Å². The summed E-state index contributed by atoms with van der Waals surface area (Å²) in [5.41, 5.74) is 1.79. The molecule has 3 rings (SSSR count). The van der Waals surface area contributed by atoms with Crippen LogP contribution in [-0.4, -0.2) is 26.6 Å². The van der Waals surface area contributed by atoms with E-state index in [1.54, 1.807) is 43.3 Å². The number of amides is 1. The third kappa shape index (κ3) is 3.26. The van der Waals surface area contributed by atoms with Crippen LogP contribution in [0.25, 0.3) is 0 Å². The molecule has 1 heterocycles. The molecule has 2 aromatic carbocycles. The smallest absolute Gasteiger partial charge is 0.255 e. The van der Waals surface area contributed by atoms with E-state index in [9.17, 15) is 17.6 Å². The van der Waals surface area contributed by atoms with E-state index in [1.165, 1.54) is 10.4 Å². The molecule has 2 aromatic rings. The van der Waals surface area contributed by atoms with Crippen molar-refractivity contribution < 1.29 is 17.6 Å². The van der Waals surface area contributed by atoms with Crippen molar-refractivity contribution in [3.05, 3.63) is 59.4 Å². The van der Waals surface area contributed by atoms with Crippen LogP contribution in [0.1, 0.15) is 22.3 Å². The normalized spacial score (nSPS) is 16.2. The Morgan fingerprint density at radius 3 is 2.46 bits per heavy atom. The van der Waals surface area contributed by atoms with Crippen molar-refractivity contribution in [2.45, 2.75) is 13.3 Å². The predicted molar refractivity (Wildman–Crippen MR) is 91.3 cm³/mol. The molecular weight excluding hydrogens is 331 g/mol. The second kappa shape index (κ2) is 6.24. The van der Waals surface area contributed by atoms with E-state index < -0.39 is 21.7 Å². The molecule has 1 N–H and O–H groups in total. The third-order valence-electron chi connectivity index (χ3n) is 3.95. The monoisotopic (exact) mass is 348 g/mol. The van der Waals surface area contributed by atoms with Gasteiger partial charge in [0.1, 0.15) is 5.82 Å². The summed E-state index contributed by atoms with van der Waals surface area (Å²) in [6.07, 6.45) is 0.611. The average molecular weight is 348 g/mol. The lowest BCUT2D eigenvalue weighted by Gasteiger charge is -2.17. The summed E-state index contributed by atoms with van der Waals surface area (Å²) in [4.78, 5) is 12.1. The van der Waals surface area contributed by atoms with E-state index in [4.69, 9.17) is 0 Å². The second-order valence-corrected chi connectivity index (χ2v) is 7.72. The number of benzene rings is 2. The maximum absolute atomic E-state index is 13.5. The van der Waals surface area contributed by atoms with Crippen molar-refractivity contribution in [1.29, 1.82) is 0 Å². The van der Waals surface area contributed by atoms with Crippen molar-refractivity contribution in [3.8, 4) is 0 Å². The average Bonchev–Trinajstić information content (AvgIpc) is 2.90. The first-order valence-electron chi connectivity index (χ1n) is 7.55. The summed E-state index contributed by atoms with van der Waals surface area (Å²) in [7, 11) is -3.22. The number of nitrogens with zero attached hydrogens (tertiary/aromatic N) is 1. The summed E-state index contributed by atoms with van der Waals surface area (Å²) >= 11 is 0. The molecular formula is C17H17FN2O3S. The standard InChI is InChI=1S/C17H17FN2O3S/c1-12-3-4-13(11-16(12)18)17(21)19-14-5-7-15(8-6-14)20-9-2-10-24(20,22)23/h3-8,11H,2,9-10H2,1H3,(H,19,21). The second-order valence-electron chi connectivity index (χ2n) is 5.71. The van der Waals surface area contributed by atoms with Gasteiger partial charge in [-0.05, 0) is 55.3 Å². The molecule has 126 valence electrons. The van der Waals surface area contributed by atoms with Crippen molar-refractivity contribution >= 4 is 27.3 Å². The molecule has 0 radical (unpaired) electrons. The highest BCUT2D eigenvalue weighted by Crippen LogP contribution is 2.25. The molecule has 1 saturated heterocycles. The number of nitrogens with one attached hydrogen (secondary N) is 1. The van der Waals surface area contributed by atoms with Gasteiger partial charge in [0.2, 0.25) is 10.0 Å². The van der Waals surface area contributed by atoms with Gasteiger partial charge >= 0.3 is 0 Å². The Balaban J connectivity index is 1.74. The first kappa shape index (κ1) is 16.4. The molecule has 24 heavy (non-hydrogen) atoms. The van der Waals surface area contributed by atoms with E-state index in [2.05, 4.69) is 5.32 Å². The maximum atomic E-state index is 13.5. The molecule has 1 aliphatic heterocycles. The number of sulfonamides is 1. The number of carbonyl (C=O) groups is 1. The minimum Gasteiger partial charge on any atom is -0.322 e. The fourth-order valence-corrected chi connectivity index (χ4v) is 4.14. The zero-order valence-corrected chi connectivity index (χ0v) is 13.9. The highest BCUT2D eigenvalue weighted by molar-refractivity contribution is 7.93. The highest BCUT2D eigenvalue weighted by Gasteiger charge is 2.28. The minimum atomic E-state index is -3.22. The molecule has 5 nitrogen and oxygen atoms in total. The van der Waals surface area contributed by atoms with Gasteiger partial charge < -0.3 is 5.32 Å². The predicted octanol–water partition coefficient (Wildman–Crippen LogP) is 2.93. The van der Waals surface area contributed by atoms with Crippen LogP contribution in [-0.2, 0) is 10.0 Å². The SMILES string of the molecule is Cc1ccc(C(=O)Nc2ccc(N3CCCS3(=O)=O)cc2)cc1F. The molecule has 1 aliphatic rings. The summed E-state index contributed by atoms with van der Waals surface area (Å²) in [5, 5.41) is 2.67. The Bertz CT molecular complexity index is 879. The topological polar surface area (TPSA) is 66.5 Å². The summed E-state index contributed by atoms with van der Waals surface area (Å²) in [5.74, 6) is -0.697. The van der Waals surface area contributed by atoms with Gasteiger partial charge in [-0.2, -0.15) is 0 Å². The van der Waals surface area contributed by atoms with Crippen LogP contribution in [0.5, 0.6) is 0 Å². The number of aryl methyl sites for hydroxylation is 1. The van der Waals surface area contributed by atoms with Crippen molar-refractivity contribution in [2.24, 2.45) is 0 Å². The lowest BCUT2D eigenvalue weighted by Crippen LogP contribution is -2.25. The van der Waals surface area contributed by atoms with Gasteiger partial charge in [0.15, 0.2) is 0 Å². The molecule has 1 fully saturated rings. The largest absolute Gasteiger partial charge is 0.322 e. The summed E-state index contributed by atoms with van der Waals surface area (Å²) < 4.78 is 38.7. The molecule has 7 heteroatoms. The summed E-state index contributed by atoms with van der Waals surface area (Å²) in [6.45, 7) is 2.10. The molecule has 0 bridgehead atoms. The zero-order valence-electron chi connectivity index (χ0n) is 13.1. The minimum absolute atomic E-state index is 0.157. The fraction of sp³-hybridized carbons (Fsp3) is 0.235. The van der Waals surface area contributed by atoms with E-state index in [0.29, 0.717) is 29.9 Å². The molecule has 0 saturated carbocycles.